The van der Waals surface area contributed by atoms with Crippen LogP contribution in [-0.4, -0.2) is 21.8 Å². The molecular weight excluding hydrogens is 515 g/mol. The van der Waals surface area contributed by atoms with Gasteiger partial charge in [0.2, 0.25) is 5.78 Å². The highest BCUT2D eigenvalue weighted by molar-refractivity contribution is 7.17. The molecule has 0 fully saturated rings. The Morgan fingerprint density at radius 3 is 2.36 bits per heavy atom. The van der Waals surface area contributed by atoms with E-state index in [1.807, 2.05) is 37.3 Å². The van der Waals surface area contributed by atoms with Crippen LogP contribution in [0.3, 0.4) is 0 Å². The van der Waals surface area contributed by atoms with Gasteiger partial charge < -0.3 is 5.11 Å². The molecule has 1 aliphatic rings. The number of rotatable bonds is 5. The molecule has 180 valence electrons. The number of aryl methyl sites for hydroxylation is 2. The molecule has 1 amide bonds. The van der Waals surface area contributed by atoms with Crippen molar-refractivity contribution in [2.75, 3.05) is 4.90 Å². The highest BCUT2D eigenvalue weighted by Crippen LogP contribution is 2.44. The lowest BCUT2D eigenvalue weighted by Gasteiger charge is -2.27. The van der Waals surface area contributed by atoms with Crippen LogP contribution in [0.25, 0.3) is 10.6 Å². The van der Waals surface area contributed by atoms with Gasteiger partial charge in [0.05, 0.1) is 22.2 Å². The minimum Gasteiger partial charge on any atom is -0.503 e. The molecule has 0 saturated carbocycles. The second kappa shape index (κ2) is 9.54. The molecule has 1 N–H and O–H groups in total. The molecule has 0 radical (unpaired) electrons. The van der Waals surface area contributed by atoms with Gasteiger partial charge in [0.1, 0.15) is 5.01 Å². The summed E-state index contributed by atoms with van der Waals surface area (Å²) in [6.45, 7) is 3.61. The van der Waals surface area contributed by atoms with Gasteiger partial charge in [-0.05, 0) is 49.2 Å². The van der Waals surface area contributed by atoms with Crippen LogP contribution in [0, 0.1) is 13.8 Å². The number of anilines is 1. The molecule has 2 heterocycles. The number of aliphatic hydroxyl groups is 1. The number of amides is 1. The fourth-order valence-corrected chi connectivity index (χ4v) is 5.56. The predicted octanol–water partition coefficient (Wildman–Crippen LogP) is 7.52. The van der Waals surface area contributed by atoms with Crippen molar-refractivity contribution >= 4 is 51.9 Å². The number of hydrogen-bond acceptors (Lipinski definition) is 5. The third-order valence-electron chi connectivity index (χ3n) is 6.10. The molecular formula is C28H20Cl2N2O3S. The molecule has 4 aromatic rings. The minimum atomic E-state index is -0.872. The zero-order chi connectivity index (χ0) is 25.6. The molecule has 36 heavy (non-hydrogen) atoms. The maximum Gasteiger partial charge on any atom is 0.294 e. The van der Waals surface area contributed by atoms with Gasteiger partial charge in [-0.15, -0.1) is 11.3 Å². The molecule has 0 bridgehead atoms. The first-order valence-electron chi connectivity index (χ1n) is 11.1. The van der Waals surface area contributed by atoms with Gasteiger partial charge in [0.25, 0.3) is 5.91 Å². The fourth-order valence-electron chi connectivity index (χ4n) is 4.23. The smallest absolute Gasteiger partial charge is 0.294 e. The van der Waals surface area contributed by atoms with Crippen LogP contribution in [0.1, 0.15) is 32.5 Å². The summed E-state index contributed by atoms with van der Waals surface area (Å²) in [7, 11) is 0. The van der Waals surface area contributed by atoms with E-state index in [-0.39, 0.29) is 5.57 Å². The molecule has 0 saturated heterocycles. The molecule has 0 aliphatic carbocycles. The summed E-state index contributed by atoms with van der Waals surface area (Å²) in [5.74, 6) is -1.71. The monoisotopic (exact) mass is 534 g/mol. The van der Waals surface area contributed by atoms with Crippen molar-refractivity contribution < 1.29 is 14.7 Å². The second-order valence-corrected chi connectivity index (χ2v) is 10.3. The lowest BCUT2D eigenvalue weighted by atomic mass is 9.95. The van der Waals surface area contributed by atoms with E-state index in [0.717, 1.165) is 11.1 Å². The van der Waals surface area contributed by atoms with Crippen molar-refractivity contribution in [3.63, 3.8) is 0 Å². The number of thiazole rings is 1. The van der Waals surface area contributed by atoms with Crippen LogP contribution in [0.4, 0.5) is 5.69 Å². The lowest BCUT2D eigenvalue weighted by Crippen LogP contribution is -2.31. The number of hydrogen-bond donors (Lipinski definition) is 1. The van der Waals surface area contributed by atoms with Crippen LogP contribution >= 0.6 is 34.5 Å². The second-order valence-electron chi connectivity index (χ2n) is 8.45. The van der Waals surface area contributed by atoms with E-state index in [1.165, 1.54) is 16.2 Å². The SMILES string of the molecule is Cc1ccc(N2C(=O)C(O)=C(C(=O)c3sc(-c4ccccc4)nc3C)C2c2ccc(Cl)cc2)cc1Cl. The quantitative estimate of drug-likeness (QED) is 0.269. The van der Waals surface area contributed by atoms with E-state index in [2.05, 4.69) is 4.98 Å². The summed E-state index contributed by atoms with van der Waals surface area (Å²) >= 11 is 13.7. The Balaban J connectivity index is 1.64. The molecule has 1 aromatic heterocycles. The third kappa shape index (κ3) is 4.22. The Kier molecular flexibility index (Phi) is 6.43. The highest BCUT2D eigenvalue weighted by Gasteiger charge is 2.45. The average molecular weight is 535 g/mol. The summed E-state index contributed by atoms with van der Waals surface area (Å²) in [4.78, 5) is 33.7. The van der Waals surface area contributed by atoms with Crippen LogP contribution in [-0.2, 0) is 4.79 Å². The van der Waals surface area contributed by atoms with Crippen molar-refractivity contribution in [3.05, 3.63) is 116 Å². The number of Topliss-reactive ketones (excluding diaryl/α,β-unsaturated/α-hetero) is 1. The zero-order valence-corrected chi connectivity index (χ0v) is 21.7. The largest absolute Gasteiger partial charge is 0.503 e. The third-order valence-corrected chi connectivity index (χ3v) is 7.96. The Bertz CT molecular complexity index is 1530. The summed E-state index contributed by atoms with van der Waals surface area (Å²) in [5.41, 5.74) is 3.35. The van der Waals surface area contributed by atoms with Crippen LogP contribution in [0.2, 0.25) is 10.0 Å². The molecule has 1 unspecified atom stereocenters. The zero-order valence-electron chi connectivity index (χ0n) is 19.3. The first-order valence-corrected chi connectivity index (χ1v) is 12.7. The van der Waals surface area contributed by atoms with Gasteiger partial charge >= 0.3 is 0 Å². The molecule has 3 aromatic carbocycles. The van der Waals surface area contributed by atoms with Crippen LogP contribution in [0.5, 0.6) is 0 Å². The van der Waals surface area contributed by atoms with E-state index in [9.17, 15) is 14.7 Å². The summed E-state index contributed by atoms with van der Waals surface area (Å²) in [6.07, 6.45) is 0. The first-order chi connectivity index (χ1) is 17.3. The summed E-state index contributed by atoms with van der Waals surface area (Å²) in [5, 5.41) is 12.7. The van der Waals surface area contributed by atoms with Crippen molar-refractivity contribution in [2.45, 2.75) is 19.9 Å². The Morgan fingerprint density at radius 2 is 1.69 bits per heavy atom. The minimum absolute atomic E-state index is 0.00891. The molecule has 5 nitrogen and oxygen atoms in total. The molecule has 8 heteroatoms. The fraction of sp³-hybridized carbons (Fsp3) is 0.107. The number of ketones is 1. The van der Waals surface area contributed by atoms with Crippen molar-refractivity contribution in [1.29, 1.82) is 0 Å². The Labute approximate surface area is 222 Å². The van der Waals surface area contributed by atoms with Gasteiger partial charge in [0.15, 0.2) is 5.76 Å². The van der Waals surface area contributed by atoms with Gasteiger partial charge in [0, 0.05) is 21.3 Å². The predicted molar refractivity (Wildman–Crippen MR) is 144 cm³/mol. The van der Waals surface area contributed by atoms with E-state index < -0.39 is 23.5 Å². The molecule has 1 atom stereocenters. The first kappa shape index (κ1) is 24.3. The van der Waals surface area contributed by atoms with Crippen molar-refractivity contribution in [3.8, 4) is 10.6 Å². The van der Waals surface area contributed by atoms with Gasteiger partial charge in [-0.25, -0.2) is 4.98 Å². The summed E-state index contributed by atoms with van der Waals surface area (Å²) in [6, 6.07) is 20.7. The van der Waals surface area contributed by atoms with Gasteiger partial charge in [-0.1, -0.05) is 71.7 Å². The topological polar surface area (TPSA) is 70.5 Å². The van der Waals surface area contributed by atoms with E-state index in [1.54, 1.807) is 49.4 Å². The highest BCUT2D eigenvalue weighted by atomic mass is 35.5. The van der Waals surface area contributed by atoms with Crippen LogP contribution in [0.15, 0.2) is 84.1 Å². The number of carbonyl (C=O) groups excluding carboxylic acids is 2. The lowest BCUT2D eigenvalue weighted by molar-refractivity contribution is -0.117. The maximum absolute atomic E-state index is 13.9. The van der Waals surface area contributed by atoms with Gasteiger partial charge in [-0.2, -0.15) is 0 Å². The number of halogens is 2. The van der Waals surface area contributed by atoms with Crippen molar-refractivity contribution in [2.24, 2.45) is 0 Å². The average Bonchev–Trinajstić information content (AvgIpc) is 3.39. The Hall–Kier alpha value is -3.45. The number of nitrogens with zero attached hydrogens (tertiary/aromatic N) is 2. The molecule has 0 spiro atoms. The number of aromatic nitrogens is 1. The normalized spacial score (nSPS) is 15.6. The van der Waals surface area contributed by atoms with E-state index in [0.29, 0.717) is 36.9 Å². The Morgan fingerprint density at radius 1 is 1.00 bits per heavy atom. The van der Waals surface area contributed by atoms with E-state index in [4.69, 9.17) is 23.2 Å². The maximum atomic E-state index is 13.9. The summed E-state index contributed by atoms with van der Waals surface area (Å²) < 4.78 is 0. The number of carbonyl (C=O) groups is 2. The number of benzene rings is 3. The van der Waals surface area contributed by atoms with Crippen LogP contribution < -0.4 is 4.90 Å². The van der Waals surface area contributed by atoms with E-state index >= 15 is 0 Å². The molecule has 1 aliphatic heterocycles. The molecule has 5 rings (SSSR count). The van der Waals surface area contributed by atoms with Crippen molar-refractivity contribution in [1.82, 2.24) is 4.98 Å². The van der Waals surface area contributed by atoms with Gasteiger partial charge in [-0.3, -0.25) is 14.5 Å². The number of aliphatic hydroxyl groups excluding tert-OH is 1. The standard InChI is InChI=1S/C28H20Cl2N2O3S/c1-15-8-13-20(14-21(15)30)32-23(17-9-11-19(29)12-10-17)22(25(34)28(32)35)24(33)26-16(2)31-27(36-26)18-6-4-3-5-7-18/h3-14,23,34H,1-2H3.